The minimum absolute atomic E-state index is 1.02. The van der Waals surface area contributed by atoms with Gasteiger partial charge >= 0.3 is 11.9 Å². The summed E-state index contributed by atoms with van der Waals surface area (Å²) >= 11 is 0. The second kappa shape index (κ2) is 3.25. The number of carbonyl (C=O) groups is 2. The number of rotatable bonds is 2. The maximum atomic E-state index is 10.5. The van der Waals surface area contributed by atoms with Crippen LogP contribution >= 0.6 is 0 Å². The summed E-state index contributed by atoms with van der Waals surface area (Å²) in [7, 11) is 0. The van der Waals surface area contributed by atoms with Crippen LogP contribution < -0.4 is 5.32 Å². The van der Waals surface area contributed by atoms with Crippen LogP contribution in [-0.4, -0.2) is 22.2 Å². The molecular weight excluding hydrogens is 162 g/mol. The first-order valence-corrected chi connectivity index (χ1v) is 3.26. The van der Waals surface area contributed by atoms with E-state index < -0.39 is 23.8 Å². The molecule has 0 bridgehead atoms. The summed E-state index contributed by atoms with van der Waals surface area (Å²) in [4.78, 5) is 21.0. The Bertz CT molecular complexity index is 236. The van der Waals surface area contributed by atoms with Crippen LogP contribution in [-0.2, 0) is 9.59 Å². The molecule has 1 rings (SSSR count). The zero-order valence-electron chi connectivity index (χ0n) is 6.02. The van der Waals surface area contributed by atoms with Crippen LogP contribution in [0.2, 0.25) is 0 Å². The number of carboxylic acids is 2. The summed E-state index contributed by atoms with van der Waals surface area (Å²) in [6.45, 7) is 2.33. The standard InChI is InChI=1S/C7H7NO4/c9-6(10)4-1-2-8-3-5(4)7(11)12/h1-2,4-5,8H,(H,9,10)(H,11,12). The Balaban J connectivity index is 2.79. The molecule has 3 N–H and O–H groups in total. The van der Waals surface area contributed by atoms with Gasteiger partial charge in [0.1, 0.15) is 12.5 Å². The van der Waals surface area contributed by atoms with Crippen LogP contribution in [0.5, 0.6) is 0 Å². The van der Waals surface area contributed by atoms with Crippen molar-refractivity contribution in [2.45, 2.75) is 0 Å². The first kappa shape index (κ1) is 8.58. The van der Waals surface area contributed by atoms with Crippen LogP contribution in [0.25, 0.3) is 0 Å². The van der Waals surface area contributed by atoms with Crippen molar-refractivity contribution in [3.05, 3.63) is 18.8 Å². The van der Waals surface area contributed by atoms with E-state index in [-0.39, 0.29) is 0 Å². The zero-order valence-corrected chi connectivity index (χ0v) is 6.02. The summed E-state index contributed by atoms with van der Waals surface area (Å²) in [5.74, 6) is -4.50. The molecule has 2 atom stereocenters. The largest absolute Gasteiger partial charge is 0.481 e. The average Bonchev–Trinajstić information content (AvgIpc) is 2.04. The lowest BCUT2D eigenvalue weighted by atomic mass is 9.90. The number of aliphatic carboxylic acids is 2. The maximum Gasteiger partial charge on any atom is 0.311 e. The molecule has 2 unspecified atom stereocenters. The Hall–Kier alpha value is -1.52. The highest BCUT2D eigenvalue weighted by atomic mass is 16.4. The van der Waals surface area contributed by atoms with E-state index >= 15 is 0 Å². The molecule has 0 spiro atoms. The molecule has 2 radical (unpaired) electrons. The van der Waals surface area contributed by atoms with Gasteiger partial charge in [0.15, 0.2) is 0 Å². The molecule has 0 fully saturated rings. The number of nitrogens with one attached hydrogen (secondary N) is 1. The second-order valence-corrected chi connectivity index (χ2v) is 2.33. The third-order valence-electron chi connectivity index (χ3n) is 1.54. The van der Waals surface area contributed by atoms with Crippen molar-refractivity contribution in [2.24, 2.45) is 11.8 Å². The van der Waals surface area contributed by atoms with Crippen LogP contribution in [0.4, 0.5) is 0 Å². The fraction of sp³-hybridized carbons (Fsp3) is 0.286. The van der Waals surface area contributed by atoms with Crippen molar-refractivity contribution in [1.29, 1.82) is 0 Å². The van der Waals surface area contributed by atoms with Crippen LogP contribution in [0.15, 0.2) is 12.3 Å². The Kier molecular flexibility index (Phi) is 2.32. The van der Waals surface area contributed by atoms with E-state index in [9.17, 15) is 9.59 Å². The van der Waals surface area contributed by atoms with Gasteiger partial charge in [0, 0.05) is 0 Å². The Morgan fingerprint density at radius 1 is 1.33 bits per heavy atom. The molecule has 0 aliphatic carbocycles. The molecule has 0 aromatic rings. The average molecular weight is 169 g/mol. The highest BCUT2D eigenvalue weighted by molar-refractivity contribution is 5.82. The van der Waals surface area contributed by atoms with E-state index in [1.807, 2.05) is 0 Å². The van der Waals surface area contributed by atoms with Gasteiger partial charge in [-0.25, -0.2) is 0 Å². The molecule has 1 aliphatic heterocycles. The van der Waals surface area contributed by atoms with Gasteiger partial charge in [-0.3, -0.25) is 9.59 Å². The molecule has 5 nitrogen and oxygen atoms in total. The van der Waals surface area contributed by atoms with Crippen molar-refractivity contribution in [1.82, 2.24) is 5.32 Å². The molecular formula is C7H7NO4. The van der Waals surface area contributed by atoms with Crippen molar-refractivity contribution in [2.75, 3.05) is 0 Å². The summed E-state index contributed by atoms with van der Waals surface area (Å²) in [6, 6.07) is 0. The molecule has 1 heterocycles. The van der Waals surface area contributed by atoms with Crippen molar-refractivity contribution in [3.8, 4) is 0 Å². The molecule has 0 saturated heterocycles. The maximum absolute atomic E-state index is 10.5. The lowest BCUT2D eigenvalue weighted by Crippen LogP contribution is -2.34. The molecule has 12 heavy (non-hydrogen) atoms. The third-order valence-corrected chi connectivity index (χ3v) is 1.54. The topological polar surface area (TPSA) is 86.6 Å². The van der Waals surface area contributed by atoms with Crippen molar-refractivity contribution >= 4 is 11.9 Å². The molecule has 0 aromatic carbocycles. The van der Waals surface area contributed by atoms with E-state index in [1.54, 1.807) is 0 Å². The first-order chi connectivity index (χ1) is 5.63. The molecule has 5 heteroatoms. The van der Waals surface area contributed by atoms with Gasteiger partial charge in [0.25, 0.3) is 0 Å². The van der Waals surface area contributed by atoms with Crippen LogP contribution in [0.1, 0.15) is 0 Å². The van der Waals surface area contributed by atoms with Crippen molar-refractivity contribution in [3.63, 3.8) is 0 Å². The quantitative estimate of drug-likeness (QED) is 0.521. The van der Waals surface area contributed by atoms with E-state index in [2.05, 4.69) is 11.9 Å². The fourth-order valence-corrected chi connectivity index (χ4v) is 0.931. The van der Waals surface area contributed by atoms with Gasteiger partial charge in [-0.05, 0) is 6.20 Å². The Morgan fingerprint density at radius 2 is 2.00 bits per heavy atom. The molecule has 0 amide bonds. The van der Waals surface area contributed by atoms with Gasteiger partial charge in [0.2, 0.25) is 0 Å². The lowest BCUT2D eigenvalue weighted by Gasteiger charge is -2.19. The third kappa shape index (κ3) is 1.55. The number of carboxylic acid groups (broad SMARTS) is 2. The predicted molar refractivity (Wildman–Crippen MR) is 37.8 cm³/mol. The summed E-state index contributed by atoms with van der Waals surface area (Å²) in [5.41, 5.74) is 0. The van der Waals surface area contributed by atoms with Crippen LogP contribution in [0, 0.1) is 18.4 Å². The highest BCUT2D eigenvalue weighted by Crippen LogP contribution is 2.19. The summed E-state index contributed by atoms with van der Waals surface area (Å²) in [5, 5.41) is 19.6. The van der Waals surface area contributed by atoms with E-state index in [1.165, 1.54) is 12.3 Å². The van der Waals surface area contributed by atoms with E-state index in [4.69, 9.17) is 10.2 Å². The lowest BCUT2D eigenvalue weighted by molar-refractivity contribution is -0.150. The summed E-state index contributed by atoms with van der Waals surface area (Å²) in [6.07, 6.45) is 2.65. The molecule has 64 valence electrons. The summed E-state index contributed by atoms with van der Waals surface area (Å²) < 4.78 is 0. The first-order valence-electron chi connectivity index (χ1n) is 3.26. The van der Waals surface area contributed by atoms with Gasteiger partial charge in [-0.1, -0.05) is 6.08 Å². The molecule has 0 saturated carbocycles. The molecule has 1 aliphatic rings. The molecule has 0 aromatic heterocycles. The second-order valence-electron chi connectivity index (χ2n) is 2.33. The van der Waals surface area contributed by atoms with E-state index in [0.717, 1.165) is 0 Å². The Morgan fingerprint density at radius 3 is 2.42 bits per heavy atom. The SMILES string of the molecule is O=C(O)C1[C]NC=CC1C(=O)O. The zero-order chi connectivity index (χ0) is 9.14. The minimum atomic E-state index is -1.20. The van der Waals surface area contributed by atoms with Crippen LogP contribution in [0.3, 0.4) is 0 Å². The normalized spacial score (nSPS) is 27.7. The minimum Gasteiger partial charge on any atom is -0.481 e. The van der Waals surface area contributed by atoms with Gasteiger partial charge in [-0.2, -0.15) is 0 Å². The number of hydrogen-bond acceptors (Lipinski definition) is 3. The van der Waals surface area contributed by atoms with Gasteiger partial charge < -0.3 is 15.5 Å². The monoisotopic (exact) mass is 169 g/mol. The van der Waals surface area contributed by atoms with Gasteiger partial charge in [-0.15, -0.1) is 0 Å². The fourth-order valence-electron chi connectivity index (χ4n) is 0.931. The Labute approximate surface area is 68.7 Å². The predicted octanol–water partition coefficient (Wildman–Crippen LogP) is -0.456. The highest BCUT2D eigenvalue weighted by Gasteiger charge is 2.34. The smallest absolute Gasteiger partial charge is 0.311 e. The van der Waals surface area contributed by atoms with Crippen molar-refractivity contribution < 1.29 is 19.8 Å². The number of hydrogen-bond donors (Lipinski definition) is 3. The van der Waals surface area contributed by atoms with Gasteiger partial charge in [0.05, 0.1) is 5.92 Å². The van der Waals surface area contributed by atoms with E-state index in [0.29, 0.717) is 0 Å².